The summed E-state index contributed by atoms with van der Waals surface area (Å²) in [5.41, 5.74) is -0.527. The zero-order chi connectivity index (χ0) is 19.1. The fourth-order valence-electron chi connectivity index (χ4n) is 4.26. The molecule has 142 valence electrons. The number of halogens is 1. The van der Waals surface area contributed by atoms with Gasteiger partial charge in [0.2, 0.25) is 11.8 Å². The van der Waals surface area contributed by atoms with Crippen LogP contribution in [0.3, 0.4) is 0 Å². The first-order valence-electron chi connectivity index (χ1n) is 9.06. The van der Waals surface area contributed by atoms with E-state index in [-0.39, 0.29) is 42.3 Å². The third-order valence-corrected chi connectivity index (χ3v) is 6.42. The van der Waals surface area contributed by atoms with Crippen molar-refractivity contribution >= 4 is 5.91 Å². The molecule has 1 amide bonds. The van der Waals surface area contributed by atoms with Gasteiger partial charge in [-0.2, -0.15) is 10.2 Å². The number of nitriles is 1. The van der Waals surface area contributed by atoms with Crippen LogP contribution in [-0.2, 0) is 4.79 Å². The van der Waals surface area contributed by atoms with Crippen molar-refractivity contribution in [3.63, 3.8) is 0 Å². The van der Waals surface area contributed by atoms with E-state index in [1.807, 2.05) is 6.07 Å². The number of alkyl halides is 1. The van der Waals surface area contributed by atoms with Gasteiger partial charge in [0.1, 0.15) is 12.2 Å². The highest BCUT2D eigenvalue weighted by Gasteiger charge is 2.54. The second kappa shape index (κ2) is 6.62. The molecular weight excluding hydrogens is 337 g/mol. The first-order chi connectivity index (χ1) is 12.2. The molecule has 2 heterocycles. The number of aromatic nitrogens is 2. The highest BCUT2D eigenvalue weighted by Crippen LogP contribution is 2.54. The number of aryl methyl sites for hydroxylation is 1. The van der Waals surface area contributed by atoms with Gasteiger partial charge in [-0.15, -0.1) is 0 Å². The van der Waals surface area contributed by atoms with Crippen molar-refractivity contribution in [2.45, 2.75) is 70.6 Å². The molecule has 0 bridgehead atoms. The molecule has 3 rings (SSSR count). The van der Waals surface area contributed by atoms with E-state index in [4.69, 9.17) is 9.78 Å². The van der Waals surface area contributed by atoms with Crippen molar-refractivity contribution in [1.29, 1.82) is 5.26 Å². The Morgan fingerprint density at radius 2 is 2.23 bits per heavy atom. The Labute approximate surface area is 152 Å². The third kappa shape index (κ3) is 3.09. The number of nitrogens with one attached hydrogen (secondary N) is 1. The minimum atomic E-state index is -1.12. The molecular formula is C18H26FN5O2. The molecule has 1 saturated carbocycles. The molecule has 1 aliphatic carbocycles. The van der Waals surface area contributed by atoms with Crippen LogP contribution in [0, 0.1) is 23.7 Å². The van der Waals surface area contributed by atoms with Crippen LogP contribution in [0.25, 0.3) is 0 Å². The van der Waals surface area contributed by atoms with Crippen molar-refractivity contribution in [1.82, 2.24) is 20.4 Å². The quantitative estimate of drug-likeness (QED) is 0.880. The average molecular weight is 363 g/mol. The van der Waals surface area contributed by atoms with Crippen molar-refractivity contribution in [2.75, 3.05) is 13.1 Å². The van der Waals surface area contributed by atoms with E-state index in [0.717, 1.165) is 12.8 Å². The zero-order valence-corrected chi connectivity index (χ0v) is 15.8. The van der Waals surface area contributed by atoms with Crippen molar-refractivity contribution in [3.8, 4) is 6.07 Å². The topological polar surface area (TPSA) is 95.0 Å². The van der Waals surface area contributed by atoms with Crippen LogP contribution >= 0.6 is 0 Å². The first kappa shape index (κ1) is 18.8. The second-order valence-electron chi connectivity index (χ2n) is 8.20. The van der Waals surface area contributed by atoms with Crippen molar-refractivity contribution < 1.29 is 13.7 Å². The average Bonchev–Trinajstić information content (AvgIpc) is 3.23. The third-order valence-electron chi connectivity index (χ3n) is 6.42. The van der Waals surface area contributed by atoms with Crippen LogP contribution in [0.15, 0.2) is 4.52 Å². The minimum Gasteiger partial charge on any atom is -0.339 e. The smallest absolute Gasteiger partial charge is 0.237 e. The maximum absolute atomic E-state index is 13.6. The van der Waals surface area contributed by atoms with E-state index in [0.29, 0.717) is 11.7 Å². The molecule has 0 radical (unpaired) electrons. The van der Waals surface area contributed by atoms with Gasteiger partial charge in [-0.3, -0.25) is 4.79 Å². The maximum atomic E-state index is 13.6. The van der Waals surface area contributed by atoms with E-state index in [2.05, 4.69) is 36.2 Å². The number of likely N-dealkylation sites (tertiary alicyclic amines) is 1. The van der Waals surface area contributed by atoms with E-state index >= 15 is 0 Å². The van der Waals surface area contributed by atoms with Crippen molar-refractivity contribution in [3.05, 3.63) is 11.7 Å². The van der Waals surface area contributed by atoms with Gasteiger partial charge >= 0.3 is 0 Å². The Morgan fingerprint density at radius 1 is 1.50 bits per heavy atom. The molecule has 0 unspecified atom stereocenters. The largest absolute Gasteiger partial charge is 0.339 e. The molecule has 0 aromatic carbocycles. The minimum absolute atomic E-state index is 0.00271. The lowest BCUT2D eigenvalue weighted by atomic mass is 9.71. The van der Waals surface area contributed by atoms with E-state index in [1.54, 1.807) is 6.92 Å². The second-order valence-corrected chi connectivity index (χ2v) is 8.20. The van der Waals surface area contributed by atoms with Gasteiger partial charge in [-0.05, 0) is 32.1 Å². The molecule has 8 heteroatoms. The highest BCUT2D eigenvalue weighted by atomic mass is 19.1. The first-order valence-corrected chi connectivity index (χ1v) is 9.06. The van der Waals surface area contributed by atoms with Gasteiger partial charge in [0, 0.05) is 17.9 Å². The molecule has 1 aromatic heterocycles. The van der Waals surface area contributed by atoms with Crippen LogP contribution in [0.4, 0.5) is 4.39 Å². The highest BCUT2D eigenvalue weighted by molar-refractivity contribution is 5.79. The summed E-state index contributed by atoms with van der Waals surface area (Å²) >= 11 is 0. The number of hydrogen-bond acceptors (Lipinski definition) is 6. The van der Waals surface area contributed by atoms with Crippen LogP contribution in [-0.4, -0.2) is 51.8 Å². The normalized spacial score (nSPS) is 33.4. The van der Waals surface area contributed by atoms with E-state index < -0.39 is 12.2 Å². The lowest BCUT2D eigenvalue weighted by Gasteiger charge is -2.41. The summed E-state index contributed by atoms with van der Waals surface area (Å²) < 4.78 is 18.9. The molecule has 1 aromatic rings. The number of carbonyl (C=O) groups is 1. The number of hydrogen-bond donors (Lipinski definition) is 1. The van der Waals surface area contributed by atoms with Gasteiger partial charge < -0.3 is 14.7 Å². The summed E-state index contributed by atoms with van der Waals surface area (Å²) in [6.07, 6.45) is 0.715. The van der Waals surface area contributed by atoms with Crippen molar-refractivity contribution in [2.24, 2.45) is 5.41 Å². The summed E-state index contributed by atoms with van der Waals surface area (Å²) in [5.74, 6) is 1.12. The number of nitrogens with zero attached hydrogens (tertiary/aromatic N) is 4. The van der Waals surface area contributed by atoms with Gasteiger partial charge in [0.05, 0.1) is 19.2 Å². The SMILES string of the molecule is Cc1noc([C@H]2CC[C@@](C)(NCC(=O)N3C[C@@H](F)C[C@H]3C#N)C2(C)C)n1. The van der Waals surface area contributed by atoms with Gasteiger partial charge in [0.15, 0.2) is 5.82 Å². The monoisotopic (exact) mass is 363 g/mol. The van der Waals surface area contributed by atoms with Crippen LogP contribution in [0.5, 0.6) is 0 Å². The van der Waals surface area contributed by atoms with Gasteiger partial charge in [-0.25, -0.2) is 4.39 Å². The molecule has 7 nitrogen and oxygen atoms in total. The fourth-order valence-corrected chi connectivity index (χ4v) is 4.26. The molecule has 4 atom stereocenters. The maximum Gasteiger partial charge on any atom is 0.237 e. The predicted molar refractivity (Wildman–Crippen MR) is 91.8 cm³/mol. The standard InChI is InChI=1S/C18H26FN5O2/c1-11-22-16(26-23-11)14-5-6-18(4,17(14,2)3)21-9-15(25)24-10-12(19)7-13(24)8-20/h12-14,21H,5-7,9-10H2,1-4H3/t12-,13-,14+,18+/m0/s1. The molecule has 2 aliphatic rings. The van der Waals surface area contributed by atoms with Gasteiger partial charge in [0.25, 0.3) is 0 Å². The lowest BCUT2D eigenvalue weighted by Crippen LogP contribution is -2.55. The molecule has 1 saturated heterocycles. The Hall–Kier alpha value is -2.01. The Kier molecular flexibility index (Phi) is 4.78. The number of carbonyl (C=O) groups excluding carboxylic acids is 1. The molecule has 2 fully saturated rings. The molecule has 0 spiro atoms. The molecule has 1 aliphatic heterocycles. The Bertz CT molecular complexity index is 727. The predicted octanol–water partition coefficient (Wildman–Crippen LogP) is 2.09. The fraction of sp³-hybridized carbons (Fsp3) is 0.778. The summed E-state index contributed by atoms with van der Waals surface area (Å²) in [4.78, 5) is 18.3. The van der Waals surface area contributed by atoms with Crippen LogP contribution < -0.4 is 5.32 Å². The number of rotatable bonds is 4. The Morgan fingerprint density at radius 3 is 2.85 bits per heavy atom. The van der Waals surface area contributed by atoms with Crippen LogP contribution in [0.1, 0.15) is 57.7 Å². The zero-order valence-electron chi connectivity index (χ0n) is 15.8. The summed E-state index contributed by atoms with van der Waals surface area (Å²) in [7, 11) is 0. The van der Waals surface area contributed by atoms with E-state index in [9.17, 15) is 9.18 Å². The lowest BCUT2D eigenvalue weighted by molar-refractivity contribution is -0.131. The van der Waals surface area contributed by atoms with Gasteiger partial charge in [-0.1, -0.05) is 19.0 Å². The van der Waals surface area contributed by atoms with Crippen LogP contribution in [0.2, 0.25) is 0 Å². The molecule has 26 heavy (non-hydrogen) atoms. The summed E-state index contributed by atoms with van der Waals surface area (Å²) in [6.45, 7) is 8.24. The Balaban J connectivity index is 1.68. The number of amides is 1. The summed E-state index contributed by atoms with van der Waals surface area (Å²) in [6, 6.07) is 1.35. The van der Waals surface area contributed by atoms with E-state index in [1.165, 1.54) is 4.90 Å². The molecule has 1 N–H and O–H groups in total. The summed E-state index contributed by atoms with van der Waals surface area (Å²) in [5, 5.41) is 16.4.